The van der Waals surface area contributed by atoms with Crippen LogP contribution in [0, 0.1) is 5.82 Å². The summed E-state index contributed by atoms with van der Waals surface area (Å²) in [4.78, 5) is 12.0. The first-order valence-electron chi connectivity index (χ1n) is 8.09. The van der Waals surface area contributed by atoms with Crippen LogP contribution in [-0.2, 0) is 26.0 Å². The van der Waals surface area contributed by atoms with Crippen molar-refractivity contribution in [3.63, 3.8) is 0 Å². The quantitative estimate of drug-likeness (QED) is 0.576. The second-order valence-corrected chi connectivity index (χ2v) is 7.81. The van der Waals surface area contributed by atoms with Gasteiger partial charge in [0.1, 0.15) is 18.1 Å². The highest BCUT2D eigenvalue weighted by Gasteiger charge is 2.17. The Morgan fingerprint density at radius 2 is 1.78 bits per heavy atom. The van der Waals surface area contributed by atoms with Gasteiger partial charge < -0.3 is 9.26 Å². The van der Waals surface area contributed by atoms with Gasteiger partial charge in [0.15, 0.2) is 15.6 Å². The molecule has 0 spiro atoms. The van der Waals surface area contributed by atoms with Crippen molar-refractivity contribution in [1.82, 2.24) is 5.16 Å². The number of nitrogens with zero attached hydrogens (tertiary/aromatic N) is 1. The monoisotopic (exact) mass is 389 g/mol. The van der Waals surface area contributed by atoms with E-state index in [2.05, 4.69) is 5.16 Å². The molecule has 0 radical (unpaired) electrons. The molecular weight excluding hydrogens is 373 g/mol. The molecule has 1 aromatic heterocycles. The van der Waals surface area contributed by atoms with Crippen molar-refractivity contribution in [2.24, 2.45) is 0 Å². The summed E-state index contributed by atoms with van der Waals surface area (Å²) in [5.74, 6) is -1.27. The van der Waals surface area contributed by atoms with Crippen LogP contribution >= 0.6 is 0 Å². The predicted octanol–water partition coefficient (Wildman–Crippen LogP) is 3.39. The van der Waals surface area contributed by atoms with Crippen LogP contribution in [0.25, 0.3) is 11.3 Å². The van der Waals surface area contributed by atoms with Crippen molar-refractivity contribution < 1.29 is 26.9 Å². The fourth-order valence-corrected chi connectivity index (χ4v) is 3.60. The van der Waals surface area contributed by atoms with Crippen molar-refractivity contribution >= 4 is 15.8 Å². The topological polar surface area (TPSA) is 86.5 Å². The van der Waals surface area contributed by atoms with E-state index in [4.69, 9.17) is 9.26 Å². The first-order valence-corrected chi connectivity index (χ1v) is 9.75. The van der Waals surface area contributed by atoms with Gasteiger partial charge in [-0.3, -0.25) is 4.79 Å². The van der Waals surface area contributed by atoms with E-state index in [1.54, 1.807) is 36.4 Å². The number of hydrogen-bond donors (Lipinski definition) is 0. The Balaban J connectivity index is 1.54. The minimum Gasteiger partial charge on any atom is -0.459 e. The zero-order valence-corrected chi connectivity index (χ0v) is 15.0. The lowest BCUT2D eigenvalue weighted by atomic mass is 10.1. The summed E-state index contributed by atoms with van der Waals surface area (Å²) in [6.07, 6.45) is -0.282. The van der Waals surface area contributed by atoms with E-state index in [-0.39, 0.29) is 35.0 Å². The summed E-state index contributed by atoms with van der Waals surface area (Å²) in [5.41, 5.74) is 0.545. The Kier molecular flexibility index (Phi) is 5.66. The molecule has 2 aromatic carbocycles. The van der Waals surface area contributed by atoms with Gasteiger partial charge in [-0.2, -0.15) is 0 Å². The molecule has 0 bridgehead atoms. The van der Waals surface area contributed by atoms with Gasteiger partial charge in [0, 0.05) is 6.07 Å². The van der Waals surface area contributed by atoms with Gasteiger partial charge in [-0.1, -0.05) is 35.5 Å². The molecule has 27 heavy (non-hydrogen) atoms. The second-order valence-electron chi connectivity index (χ2n) is 5.70. The fourth-order valence-electron chi connectivity index (χ4n) is 2.36. The summed E-state index contributed by atoms with van der Waals surface area (Å²) in [6.45, 7) is -0.192. The molecule has 0 N–H and O–H groups in total. The van der Waals surface area contributed by atoms with Gasteiger partial charge in [0.2, 0.25) is 0 Å². The molecule has 3 rings (SSSR count). The molecule has 0 aliphatic heterocycles. The van der Waals surface area contributed by atoms with E-state index in [0.29, 0.717) is 5.69 Å². The number of esters is 1. The van der Waals surface area contributed by atoms with E-state index in [9.17, 15) is 17.6 Å². The highest BCUT2D eigenvalue weighted by Crippen LogP contribution is 2.23. The van der Waals surface area contributed by atoms with E-state index < -0.39 is 21.6 Å². The number of rotatable bonds is 7. The van der Waals surface area contributed by atoms with Crippen LogP contribution in [-0.4, -0.2) is 25.3 Å². The number of ether oxygens (including phenoxy) is 1. The molecule has 0 unspecified atom stereocenters. The average Bonchev–Trinajstić information content (AvgIpc) is 3.15. The number of carbonyl (C=O) groups is 1. The van der Waals surface area contributed by atoms with Crippen molar-refractivity contribution in [1.29, 1.82) is 0 Å². The molecule has 3 aromatic rings. The number of aromatic nitrogens is 1. The molecule has 0 aliphatic carbocycles. The maximum Gasteiger partial charge on any atom is 0.307 e. The molecule has 0 aliphatic rings. The van der Waals surface area contributed by atoms with E-state index in [1.165, 1.54) is 24.3 Å². The first-order chi connectivity index (χ1) is 13.0. The van der Waals surface area contributed by atoms with E-state index >= 15 is 0 Å². The van der Waals surface area contributed by atoms with Crippen LogP contribution < -0.4 is 0 Å². The summed E-state index contributed by atoms with van der Waals surface area (Å²) in [7, 11) is -3.55. The number of sulfone groups is 1. The minimum atomic E-state index is -3.55. The molecule has 0 saturated carbocycles. The Bertz CT molecular complexity index is 1030. The lowest BCUT2D eigenvalue weighted by molar-refractivity contribution is -0.144. The molecule has 6 nitrogen and oxygen atoms in total. The summed E-state index contributed by atoms with van der Waals surface area (Å²) in [5, 5.41) is 3.72. The van der Waals surface area contributed by atoms with Crippen molar-refractivity contribution in [2.75, 3.05) is 5.75 Å². The van der Waals surface area contributed by atoms with Crippen LogP contribution in [0.2, 0.25) is 0 Å². The van der Waals surface area contributed by atoms with Crippen molar-refractivity contribution in [3.05, 3.63) is 72.2 Å². The maximum absolute atomic E-state index is 13.7. The number of benzene rings is 2. The number of carbonyl (C=O) groups excluding carboxylic acids is 1. The molecule has 8 heteroatoms. The molecule has 0 saturated heterocycles. The Morgan fingerprint density at radius 3 is 2.52 bits per heavy atom. The molecule has 140 valence electrons. The highest BCUT2D eigenvalue weighted by atomic mass is 32.2. The smallest absolute Gasteiger partial charge is 0.307 e. The fraction of sp³-hybridized carbons (Fsp3) is 0.158. The normalized spacial score (nSPS) is 11.3. The SMILES string of the molecule is O=C(CCS(=O)(=O)c1ccccc1)OCc1cc(-c2ccccc2F)on1. The van der Waals surface area contributed by atoms with Gasteiger partial charge in [-0.05, 0) is 24.3 Å². The van der Waals surface area contributed by atoms with Crippen molar-refractivity contribution in [2.45, 2.75) is 17.9 Å². The third-order valence-electron chi connectivity index (χ3n) is 3.76. The molecule has 0 fully saturated rings. The molecule has 0 amide bonds. The van der Waals surface area contributed by atoms with Gasteiger partial charge in [-0.25, -0.2) is 12.8 Å². The van der Waals surface area contributed by atoms with E-state index in [0.717, 1.165) is 0 Å². The van der Waals surface area contributed by atoms with Crippen LogP contribution in [0.4, 0.5) is 4.39 Å². The first kappa shape index (κ1) is 18.8. The number of hydrogen-bond acceptors (Lipinski definition) is 6. The Morgan fingerprint density at radius 1 is 1.07 bits per heavy atom. The predicted molar refractivity (Wildman–Crippen MR) is 94.8 cm³/mol. The van der Waals surface area contributed by atoms with E-state index in [1.807, 2.05) is 0 Å². The van der Waals surface area contributed by atoms with Gasteiger partial charge >= 0.3 is 5.97 Å². The summed E-state index contributed by atoms with van der Waals surface area (Å²) >= 11 is 0. The van der Waals surface area contributed by atoms with Crippen LogP contribution in [0.1, 0.15) is 12.1 Å². The third kappa shape index (κ3) is 4.79. The van der Waals surface area contributed by atoms with Crippen LogP contribution in [0.15, 0.2) is 70.1 Å². The van der Waals surface area contributed by atoms with Crippen LogP contribution in [0.3, 0.4) is 0 Å². The zero-order chi connectivity index (χ0) is 19.3. The highest BCUT2D eigenvalue weighted by molar-refractivity contribution is 7.91. The Hall–Kier alpha value is -3.00. The maximum atomic E-state index is 13.7. The lowest BCUT2D eigenvalue weighted by Gasteiger charge is -2.04. The van der Waals surface area contributed by atoms with Gasteiger partial charge in [0.05, 0.1) is 22.6 Å². The van der Waals surface area contributed by atoms with Gasteiger partial charge in [-0.15, -0.1) is 0 Å². The zero-order valence-electron chi connectivity index (χ0n) is 14.2. The molecular formula is C19H16FNO5S. The lowest BCUT2D eigenvalue weighted by Crippen LogP contribution is -2.13. The summed E-state index contributed by atoms with van der Waals surface area (Å²) in [6, 6.07) is 15.4. The number of halogens is 1. The Labute approximate surface area is 155 Å². The molecule has 1 heterocycles. The second kappa shape index (κ2) is 8.13. The van der Waals surface area contributed by atoms with Gasteiger partial charge in [0.25, 0.3) is 0 Å². The third-order valence-corrected chi connectivity index (χ3v) is 5.49. The van der Waals surface area contributed by atoms with Crippen LogP contribution in [0.5, 0.6) is 0 Å². The minimum absolute atomic E-state index is 0.156. The molecule has 0 atom stereocenters. The average molecular weight is 389 g/mol. The largest absolute Gasteiger partial charge is 0.459 e. The summed E-state index contributed by atoms with van der Waals surface area (Å²) < 4.78 is 48.1. The standard InChI is InChI=1S/C19H16FNO5S/c20-17-9-5-4-8-16(17)18-12-14(21-26-18)13-25-19(22)10-11-27(23,24)15-6-2-1-3-7-15/h1-9,12H,10-11,13H2. The van der Waals surface area contributed by atoms with Crippen molar-refractivity contribution in [3.8, 4) is 11.3 Å².